The number of hydrogen-bond donors (Lipinski definition) is 2. The van der Waals surface area contributed by atoms with Crippen LogP contribution in [-0.2, 0) is 0 Å². The van der Waals surface area contributed by atoms with E-state index in [1.807, 2.05) is 13.8 Å². The number of rotatable bonds is 4. The molecule has 0 radical (unpaired) electrons. The van der Waals surface area contributed by atoms with Gasteiger partial charge in [-0.25, -0.2) is 0 Å². The first-order valence-corrected chi connectivity index (χ1v) is 6.31. The zero-order chi connectivity index (χ0) is 12.3. The van der Waals surface area contributed by atoms with Crippen LogP contribution in [0.25, 0.3) is 0 Å². The van der Waals surface area contributed by atoms with Gasteiger partial charge in [0.1, 0.15) is 4.34 Å². The standard InChI is InChI=1S/C10H13Cl2NO2S/c1-10(2,3-4-14)13-9(15)6-5-7(11)16-8(6)12/h5,14H,3-4H2,1-2H3,(H,13,15). The number of halogens is 2. The molecule has 0 saturated carbocycles. The van der Waals surface area contributed by atoms with Gasteiger partial charge in [-0.3, -0.25) is 4.79 Å². The molecule has 0 bridgehead atoms. The third-order valence-electron chi connectivity index (χ3n) is 2.09. The van der Waals surface area contributed by atoms with Crippen LogP contribution in [-0.4, -0.2) is 23.2 Å². The van der Waals surface area contributed by atoms with Crippen LogP contribution in [0.5, 0.6) is 0 Å². The smallest absolute Gasteiger partial charge is 0.254 e. The molecule has 0 saturated heterocycles. The summed E-state index contributed by atoms with van der Waals surface area (Å²) in [5.74, 6) is -0.272. The highest BCUT2D eigenvalue weighted by atomic mass is 35.5. The molecule has 0 spiro atoms. The molecule has 0 aromatic carbocycles. The molecule has 0 atom stereocenters. The molecule has 0 unspecified atom stereocenters. The van der Waals surface area contributed by atoms with Gasteiger partial charge in [-0.1, -0.05) is 23.2 Å². The van der Waals surface area contributed by atoms with Gasteiger partial charge in [0.15, 0.2) is 0 Å². The van der Waals surface area contributed by atoms with Crippen molar-refractivity contribution in [2.24, 2.45) is 0 Å². The number of aliphatic hydroxyl groups excluding tert-OH is 1. The Labute approximate surface area is 108 Å². The minimum atomic E-state index is -0.469. The van der Waals surface area contributed by atoms with Gasteiger partial charge < -0.3 is 10.4 Å². The lowest BCUT2D eigenvalue weighted by Gasteiger charge is -2.25. The lowest BCUT2D eigenvalue weighted by Crippen LogP contribution is -2.44. The molecule has 0 aliphatic heterocycles. The average Bonchev–Trinajstić information content (AvgIpc) is 2.44. The number of nitrogens with one attached hydrogen (secondary N) is 1. The summed E-state index contributed by atoms with van der Waals surface area (Å²) in [6.45, 7) is 3.69. The summed E-state index contributed by atoms with van der Waals surface area (Å²) >= 11 is 12.8. The highest BCUT2D eigenvalue weighted by Crippen LogP contribution is 2.31. The maximum atomic E-state index is 11.8. The SMILES string of the molecule is CC(C)(CCO)NC(=O)c1cc(Cl)sc1Cl. The molecule has 0 fully saturated rings. The third-order valence-corrected chi connectivity index (χ3v) is 3.58. The van der Waals surface area contributed by atoms with Gasteiger partial charge in [0.05, 0.1) is 9.90 Å². The molecule has 1 aromatic rings. The Morgan fingerprint density at radius 3 is 2.62 bits per heavy atom. The number of thiophene rings is 1. The quantitative estimate of drug-likeness (QED) is 0.892. The van der Waals surface area contributed by atoms with E-state index in [1.165, 1.54) is 0 Å². The van der Waals surface area contributed by atoms with Crippen molar-refractivity contribution in [3.05, 3.63) is 20.3 Å². The van der Waals surface area contributed by atoms with Crippen LogP contribution in [0.4, 0.5) is 0 Å². The predicted octanol–water partition coefficient (Wildman–Crippen LogP) is 2.95. The Hall–Kier alpha value is -0.290. The lowest BCUT2D eigenvalue weighted by atomic mass is 10.0. The van der Waals surface area contributed by atoms with Crippen molar-refractivity contribution in [3.63, 3.8) is 0 Å². The monoisotopic (exact) mass is 281 g/mol. The Morgan fingerprint density at radius 2 is 2.19 bits per heavy atom. The Kier molecular flexibility index (Phi) is 4.62. The maximum absolute atomic E-state index is 11.8. The molecular formula is C10H13Cl2NO2S. The molecule has 90 valence electrons. The summed E-state index contributed by atoms with van der Waals surface area (Å²) in [5, 5.41) is 11.6. The molecule has 1 amide bonds. The summed E-state index contributed by atoms with van der Waals surface area (Å²) in [6.07, 6.45) is 0.480. The third kappa shape index (κ3) is 3.63. The van der Waals surface area contributed by atoms with E-state index in [0.717, 1.165) is 11.3 Å². The Bertz CT molecular complexity index is 390. The minimum Gasteiger partial charge on any atom is -0.396 e. The van der Waals surface area contributed by atoms with Gasteiger partial charge in [-0.05, 0) is 26.3 Å². The van der Waals surface area contributed by atoms with E-state index in [-0.39, 0.29) is 12.5 Å². The van der Waals surface area contributed by atoms with Gasteiger partial charge in [-0.15, -0.1) is 11.3 Å². The Balaban J connectivity index is 2.76. The first-order chi connectivity index (χ1) is 7.35. The van der Waals surface area contributed by atoms with Gasteiger partial charge in [0.2, 0.25) is 0 Å². The highest BCUT2D eigenvalue weighted by molar-refractivity contribution is 7.20. The fraction of sp³-hybridized carbons (Fsp3) is 0.500. The molecule has 1 heterocycles. The van der Waals surface area contributed by atoms with Crippen molar-refractivity contribution in [2.45, 2.75) is 25.8 Å². The van der Waals surface area contributed by atoms with E-state index in [1.54, 1.807) is 6.07 Å². The molecule has 6 heteroatoms. The molecule has 0 aliphatic rings. The summed E-state index contributed by atoms with van der Waals surface area (Å²) in [7, 11) is 0. The van der Waals surface area contributed by atoms with E-state index in [9.17, 15) is 4.79 Å². The lowest BCUT2D eigenvalue weighted by molar-refractivity contribution is 0.0900. The number of amides is 1. The van der Waals surface area contributed by atoms with E-state index in [0.29, 0.717) is 20.7 Å². The average molecular weight is 282 g/mol. The molecule has 16 heavy (non-hydrogen) atoms. The van der Waals surface area contributed by atoms with Crippen LogP contribution >= 0.6 is 34.5 Å². The molecule has 2 N–H and O–H groups in total. The normalized spacial score (nSPS) is 11.6. The van der Waals surface area contributed by atoms with Crippen LogP contribution in [0.2, 0.25) is 8.67 Å². The summed E-state index contributed by atoms with van der Waals surface area (Å²) in [6, 6.07) is 1.54. The van der Waals surface area contributed by atoms with E-state index in [2.05, 4.69) is 5.32 Å². The summed E-state index contributed by atoms with van der Waals surface area (Å²) in [4.78, 5) is 11.8. The summed E-state index contributed by atoms with van der Waals surface area (Å²) < 4.78 is 0.859. The first-order valence-electron chi connectivity index (χ1n) is 4.74. The summed E-state index contributed by atoms with van der Waals surface area (Å²) in [5.41, 5.74) is -0.0912. The van der Waals surface area contributed by atoms with Crippen molar-refractivity contribution < 1.29 is 9.90 Å². The molecular weight excluding hydrogens is 269 g/mol. The van der Waals surface area contributed by atoms with Crippen LogP contribution in [0.15, 0.2) is 6.07 Å². The number of carbonyl (C=O) groups excluding carboxylic acids is 1. The second-order valence-corrected chi connectivity index (χ2v) is 6.34. The Morgan fingerprint density at radius 1 is 1.56 bits per heavy atom. The largest absolute Gasteiger partial charge is 0.396 e. The fourth-order valence-electron chi connectivity index (χ4n) is 1.21. The second-order valence-electron chi connectivity index (χ2n) is 4.05. The van der Waals surface area contributed by atoms with E-state index < -0.39 is 5.54 Å². The predicted molar refractivity (Wildman–Crippen MR) is 67.6 cm³/mol. The van der Waals surface area contributed by atoms with Crippen molar-refractivity contribution in [2.75, 3.05) is 6.61 Å². The van der Waals surface area contributed by atoms with Crippen molar-refractivity contribution >= 4 is 40.4 Å². The number of hydrogen-bond acceptors (Lipinski definition) is 3. The van der Waals surface area contributed by atoms with Crippen LogP contribution in [0.3, 0.4) is 0 Å². The van der Waals surface area contributed by atoms with Crippen molar-refractivity contribution in [1.82, 2.24) is 5.32 Å². The van der Waals surface area contributed by atoms with Crippen molar-refractivity contribution in [3.8, 4) is 0 Å². The maximum Gasteiger partial charge on any atom is 0.254 e. The zero-order valence-corrected chi connectivity index (χ0v) is 11.3. The van der Waals surface area contributed by atoms with Gasteiger partial charge in [0.25, 0.3) is 5.91 Å². The fourth-order valence-corrected chi connectivity index (χ4v) is 2.67. The van der Waals surface area contributed by atoms with Crippen LogP contribution in [0.1, 0.15) is 30.6 Å². The second kappa shape index (κ2) is 5.36. The van der Waals surface area contributed by atoms with E-state index >= 15 is 0 Å². The molecule has 1 aromatic heterocycles. The van der Waals surface area contributed by atoms with Gasteiger partial charge >= 0.3 is 0 Å². The van der Waals surface area contributed by atoms with Crippen molar-refractivity contribution in [1.29, 1.82) is 0 Å². The molecule has 0 aliphatic carbocycles. The number of aliphatic hydroxyl groups is 1. The minimum absolute atomic E-state index is 0.0193. The zero-order valence-electron chi connectivity index (χ0n) is 9.01. The topological polar surface area (TPSA) is 49.3 Å². The first kappa shape index (κ1) is 13.8. The molecule has 1 rings (SSSR count). The van der Waals surface area contributed by atoms with Gasteiger partial charge in [-0.2, -0.15) is 0 Å². The van der Waals surface area contributed by atoms with Gasteiger partial charge in [0, 0.05) is 12.1 Å². The van der Waals surface area contributed by atoms with Crippen LogP contribution in [0, 0.1) is 0 Å². The molecule has 3 nitrogen and oxygen atoms in total. The van der Waals surface area contributed by atoms with Crippen LogP contribution < -0.4 is 5.32 Å². The van der Waals surface area contributed by atoms with E-state index in [4.69, 9.17) is 28.3 Å². The number of carbonyl (C=O) groups is 1. The highest BCUT2D eigenvalue weighted by Gasteiger charge is 2.22.